The lowest BCUT2D eigenvalue weighted by Crippen LogP contribution is -2.06. The van der Waals surface area contributed by atoms with Crippen LogP contribution < -0.4 is 15.8 Å². The highest BCUT2D eigenvalue weighted by molar-refractivity contribution is 5.74. The second-order valence-electron chi connectivity index (χ2n) is 4.54. The zero-order chi connectivity index (χ0) is 14.7. The third kappa shape index (κ3) is 2.68. The van der Waals surface area contributed by atoms with Crippen molar-refractivity contribution in [3.63, 3.8) is 0 Å². The third-order valence-corrected chi connectivity index (χ3v) is 3.03. The van der Waals surface area contributed by atoms with Gasteiger partial charge in [-0.1, -0.05) is 6.92 Å². The van der Waals surface area contributed by atoms with Gasteiger partial charge in [-0.15, -0.1) is 0 Å². The number of rotatable bonds is 5. The molecule has 0 aliphatic carbocycles. The highest BCUT2D eigenvalue weighted by Gasteiger charge is 2.14. The van der Waals surface area contributed by atoms with Crippen molar-refractivity contribution in [3.8, 4) is 5.75 Å². The number of nitrogens with two attached hydrogens (primary N) is 1. The number of benzene rings is 1. The normalized spacial score (nSPS) is 10.6. The summed E-state index contributed by atoms with van der Waals surface area (Å²) in [7, 11) is 1.50. The number of aryl methyl sites for hydroxylation is 2. The third-order valence-electron chi connectivity index (χ3n) is 3.03. The maximum atomic E-state index is 13.2. The molecule has 1 aromatic carbocycles. The molecule has 0 saturated carbocycles. The quantitative estimate of drug-likeness (QED) is 0.882. The maximum Gasteiger partial charge on any atom is 0.152 e. The first kappa shape index (κ1) is 14.2. The zero-order valence-electron chi connectivity index (χ0n) is 11.9. The van der Waals surface area contributed by atoms with Crippen molar-refractivity contribution >= 4 is 17.2 Å². The first-order valence-electron chi connectivity index (χ1n) is 6.50. The van der Waals surface area contributed by atoms with Crippen LogP contribution in [0.3, 0.4) is 0 Å². The molecule has 1 aromatic heterocycles. The van der Waals surface area contributed by atoms with Crippen LogP contribution in [-0.2, 0) is 6.54 Å². The molecule has 0 atom stereocenters. The van der Waals surface area contributed by atoms with Gasteiger partial charge in [0.05, 0.1) is 24.2 Å². The van der Waals surface area contributed by atoms with Gasteiger partial charge in [-0.2, -0.15) is 5.10 Å². The van der Waals surface area contributed by atoms with Gasteiger partial charge in [-0.25, -0.2) is 9.07 Å². The van der Waals surface area contributed by atoms with Gasteiger partial charge in [0.2, 0.25) is 0 Å². The maximum absolute atomic E-state index is 13.2. The number of ether oxygens (including phenoxy) is 1. The Balaban J connectivity index is 2.39. The highest BCUT2D eigenvalue weighted by Crippen LogP contribution is 2.32. The lowest BCUT2D eigenvalue weighted by Gasteiger charge is -2.13. The van der Waals surface area contributed by atoms with Crippen LogP contribution >= 0.6 is 0 Å². The molecule has 0 saturated heterocycles. The highest BCUT2D eigenvalue weighted by atomic mass is 19.1. The van der Waals surface area contributed by atoms with E-state index in [9.17, 15) is 4.39 Å². The van der Waals surface area contributed by atoms with Gasteiger partial charge in [-0.3, -0.25) is 0 Å². The summed E-state index contributed by atoms with van der Waals surface area (Å²) in [5, 5.41) is 7.56. The van der Waals surface area contributed by atoms with Crippen molar-refractivity contribution in [2.45, 2.75) is 26.8 Å². The van der Waals surface area contributed by atoms with Crippen molar-refractivity contribution in [2.75, 3.05) is 18.2 Å². The molecule has 0 amide bonds. The van der Waals surface area contributed by atoms with E-state index in [0.717, 1.165) is 18.7 Å². The topological polar surface area (TPSA) is 65.1 Å². The fraction of sp³-hybridized carbons (Fsp3) is 0.357. The van der Waals surface area contributed by atoms with Crippen LogP contribution in [0.1, 0.15) is 19.0 Å². The first-order chi connectivity index (χ1) is 9.56. The molecule has 0 radical (unpaired) electrons. The van der Waals surface area contributed by atoms with Crippen LogP contribution in [0.25, 0.3) is 0 Å². The van der Waals surface area contributed by atoms with Crippen LogP contribution in [-0.4, -0.2) is 16.9 Å². The molecular formula is C14H19FN4O. The minimum atomic E-state index is -0.349. The Morgan fingerprint density at radius 1 is 1.45 bits per heavy atom. The molecule has 0 aliphatic heterocycles. The van der Waals surface area contributed by atoms with Crippen molar-refractivity contribution in [1.29, 1.82) is 0 Å². The number of nitrogens with zero attached hydrogens (tertiary/aromatic N) is 2. The van der Waals surface area contributed by atoms with Gasteiger partial charge >= 0.3 is 0 Å². The summed E-state index contributed by atoms with van der Waals surface area (Å²) in [4.78, 5) is 0. The monoisotopic (exact) mass is 278 g/mol. The number of aromatic nitrogens is 2. The van der Waals surface area contributed by atoms with Gasteiger partial charge < -0.3 is 15.8 Å². The Kier molecular flexibility index (Phi) is 4.12. The summed E-state index contributed by atoms with van der Waals surface area (Å²) in [5.41, 5.74) is 8.05. The van der Waals surface area contributed by atoms with Gasteiger partial charge in [0.1, 0.15) is 11.6 Å². The standard InChI is InChI=1S/C14H19FN4O/c1-4-7-19-14(13(16)9(2)18-19)17-11-6-5-10(15)8-12(11)20-3/h5-6,8,17H,4,7,16H2,1-3H3. The fourth-order valence-corrected chi connectivity index (χ4v) is 2.00. The summed E-state index contributed by atoms with van der Waals surface area (Å²) < 4.78 is 20.2. The van der Waals surface area contributed by atoms with E-state index in [-0.39, 0.29) is 5.82 Å². The molecule has 0 aliphatic rings. The number of nitrogen functional groups attached to an aromatic ring is 1. The number of halogens is 1. The average Bonchev–Trinajstić information content (AvgIpc) is 2.69. The van der Waals surface area contributed by atoms with E-state index in [1.807, 2.05) is 11.6 Å². The number of hydrogen-bond donors (Lipinski definition) is 2. The van der Waals surface area contributed by atoms with Gasteiger partial charge in [0.15, 0.2) is 5.82 Å². The van der Waals surface area contributed by atoms with E-state index >= 15 is 0 Å². The van der Waals surface area contributed by atoms with Crippen LogP contribution in [0.2, 0.25) is 0 Å². The van der Waals surface area contributed by atoms with E-state index in [1.165, 1.54) is 19.2 Å². The minimum absolute atomic E-state index is 0.349. The Morgan fingerprint density at radius 3 is 2.85 bits per heavy atom. The van der Waals surface area contributed by atoms with E-state index in [2.05, 4.69) is 17.3 Å². The molecule has 3 N–H and O–H groups in total. The number of anilines is 3. The lowest BCUT2D eigenvalue weighted by atomic mass is 10.2. The van der Waals surface area contributed by atoms with E-state index in [0.29, 0.717) is 22.9 Å². The second kappa shape index (κ2) is 5.81. The molecule has 20 heavy (non-hydrogen) atoms. The zero-order valence-corrected chi connectivity index (χ0v) is 11.9. The van der Waals surface area contributed by atoms with Gasteiger partial charge in [0, 0.05) is 12.6 Å². The summed E-state index contributed by atoms with van der Waals surface area (Å²) >= 11 is 0. The molecule has 2 rings (SSSR count). The first-order valence-corrected chi connectivity index (χ1v) is 6.50. The molecule has 2 aromatic rings. The van der Waals surface area contributed by atoms with Crippen molar-refractivity contribution in [1.82, 2.24) is 9.78 Å². The molecular weight excluding hydrogens is 259 g/mol. The van der Waals surface area contributed by atoms with Crippen LogP contribution in [0.5, 0.6) is 5.75 Å². The predicted molar refractivity (Wildman–Crippen MR) is 77.9 cm³/mol. The SMILES string of the molecule is CCCn1nc(C)c(N)c1Nc1ccc(F)cc1OC. The molecule has 108 valence electrons. The van der Waals surface area contributed by atoms with Crippen molar-refractivity contribution in [2.24, 2.45) is 0 Å². The molecule has 0 fully saturated rings. The Bertz CT molecular complexity index is 609. The smallest absolute Gasteiger partial charge is 0.152 e. The largest absolute Gasteiger partial charge is 0.494 e. The van der Waals surface area contributed by atoms with Crippen molar-refractivity contribution < 1.29 is 9.13 Å². The van der Waals surface area contributed by atoms with E-state index in [4.69, 9.17) is 10.5 Å². The lowest BCUT2D eigenvalue weighted by molar-refractivity contribution is 0.413. The minimum Gasteiger partial charge on any atom is -0.494 e. The Labute approximate surface area is 117 Å². The number of hydrogen-bond acceptors (Lipinski definition) is 4. The van der Waals surface area contributed by atoms with E-state index in [1.54, 1.807) is 6.07 Å². The molecule has 0 unspecified atom stereocenters. The van der Waals surface area contributed by atoms with Crippen LogP contribution in [0.4, 0.5) is 21.6 Å². The summed E-state index contributed by atoms with van der Waals surface area (Å²) in [6.45, 7) is 4.67. The van der Waals surface area contributed by atoms with Crippen LogP contribution in [0, 0.1) is 12.7 Å². The Hall–Kier alpha value is -2.24. The predicted octanol–water partition coefficient (Wildman–Crippen LogP) is 3.08. The Morgan fingerprint density at radius 2 is 2.20 bits per heavy atom. The van der Waals surface area contributed by atoms with Crippen molar-refractivity contribution in [3.05, 3.63) is 29.7 Å². The van der Waals surface area contributed by atoms with Crippen LogP contribution in [0.15, 0.2) is 18.2 Å². The summed E-state index contributed by atoms with van der Waals surface area (Å²) in [5.74, 6) is 0.777. The van der Waals surface area contributed by atoms with Gasteiger partial charge in [-0.05, 0) is 25.5 Å². The van der Waals surface area contributed by atoms with E-state index < -0.39 is 0 Å². The second-order valence-corrected chi connectivity index (χ2v) is 4.54. The number of nitrogens with one attached hydrogen (secondary N) is 1. The van der Waals surface area contributed by atoms with Gasteiger partial charge in [0.25, 0.3) is 0 Å². The average molecular weight is 278 g/mol. The summed E-state index contributed by atoms with van der Waals surface area (Å²) in [6, 6.07) is 4.31. The number of methoxy groups -OCH3 is 1. The molecule has 1 heterocycles. The molecule has 5 nitrogen and oxygen atoms in total. The molecule has 6 heteroatoms. The summed E-state index contributed by atoms with van der Waals surface area (Å²) in [6.07, 6.45) is 0.940. The fourth-order valence-electron chi connectivity index (χ4n) is 2.00. The molecule has 0 spiro atoms. The molecule has 0 bridgehead atoms.